The van der Waals surface area contributed by atoms with Crippen molar-refractivity contribution < 1.29 is 9.53 Å². The van der Waals surface area contributed by atoms with Gasteiger partial charge in [-0.25, -0.2) is 4.79 Å². The van der Waals surface area contributed by atoms with Gasteiger partial charge in [-0.3, -0.25) is 0 Å². The molecule has 0 amide bonds. The Labute approximate surface area is 91.7 Å². The Bertz CT molecular complexity index is 349. The summed E-state index contributed by atoms with van der Waals surface area (Å²) in [6, 6.07) is 5.94. The number of benzene rings is 1. The number of esters is 1. The zero-order valence-electron chi connectivity index (χ0n) is 8.08. The van der Waals surface area contributed by atoms with Gasteiger partial charge in [0.15, 0.2) is 0 Å². The van der Waals surface area contributed by atoms with Gasteiger partial charge < -0.3 is 4.74 Å². The lowest BCUT2D eigenvalue weighted by Gasteiger charge is -1.98. The summed E-state index contributed by atoms with van der Waals surface area (Å²) in [5.74, 6) is -0.345. The minimum absolute atomic E-state index is 0.345. The van der Waals surface area contributed by atoms with E-state index in [9.17, 15) is 4.79 Å². The van der Waals surface area contributed by atoms with Gasteiger partial charge in [0.1, 0.15) is 0 Å². The molecule has 0 bridgehead atoms. The average molecular weight is 255 g/mol. The highest BCUT2D eigenvalue weighted by atomic mass is 79.9. The number of hydrogen-bond acceptors (Lipinski definition) is 2. The van der Waals surface area contributed by atoms with Gasteiger partial charge in [-0.2, -0.15) is 0 Å². The molecule has 0 aliphatic carbocycles. The van der Waals surface area contributed by atoms with Crippen LogP contribution in [0.3, 0.4) is 0 Å². The molecule has 0 fully saturated rings. The number of carbonyl (C=O) groups is 1. The van der Waals surface area contributed by atoms with Crippen molar-refractivity contribution in [1.82, 2.24) is 0 Å². The minimum atomic E-state index is -0.345. The number of methoxy groups -OCH3 is 1. The number of rotatable bonds is 2. The number of halogens is 1. The maximum atomic E-state index is 10.8. The standard InChI is InChI=1S/C11H11BrO2/c1-8-5-9(7-10(12)6-8)3-4-11(13)14-2/h3-7H,1-2H3. The Morgan fingerprint density at radius 2 is 2.14 bits per heavy atom. The second kappa shape index (κ2) is 4.96. The Morgan fingerprint density at radius 1 is 1.43 bits per heavy atom. The summed E-state index contributed by atoms with van der Waals surface area (Å²) in [7, 11) is 1.36. The van der Waals surface area contributed by atoms with Crippen LogP contribution in [-0.4, -0.2) is 13.1 Å². The lowest BCUT2D eigenvalue weighted by Crippen LogP contribution is -1.93. The molecule has 0 aromatic heterocycles. The Morgan fingerprint density at radius 3 is 2.71 bits per heavy atom. The van der Waals surface area contributed by atoms with Crippen molar-refractivity contribution >= 4 is 28.0 Å². The molecular formula is C11H11BrO2. The van der Waals surface area contributed by atoms with Crippen LogP contribution in [0.5, 0.6) is 0 Å². The second-order valence-corrected chi connectivity index (χ2v) is 3.83. The van der Waals surface area contributed by atoms with Crippen LogP contribution >= 0.6 is 15.9 Å². The molecule has 3 heteroatoms. The van der Waals surface area contributed by atoms with E-state index < -0.39 is 0 Å². The van der Waals surface area contributed by atoms with Crippen molar-refractivity contribution in [2.24, 2.45) is 0 Å². The number of aryl methyl sites for hydroxylation is 1. The highest BCUT2D eigenvalue weighted by molar-refractivity contribution is 9.10. The predicted octanol–water partition coefficient (Wildman–Crippen LogP) is 2.94. The first-order valence-corrected chi connectivity index (χ1v) is 4.94. The molecule has 2 nitrogen and oxygen atoms in total. The summed E-state index contributed by atoms with van der Waals surface area (Å²) >= 11 is 3.39. The first-order valence-electron chi connectivity index (χ1n) is 4.15. The largest absolute Gasteiger partial charge is 0.466 e. The molecule has 0 N–H and O–H groups in total. The normalized spacial score (nSPS) is 10.5. The van der Waals surface area contributed by atoms with Crippen LogP contribution in [0, 0.1) is 6.92 Å². The molecule has 1 aromatic rings. The zero-order chi connectivity index (χ0) is 10.6. The molecule has 14 heavy (non-hydrogen) atoms. The maximum Gasteiger partial charge on any atom is 0.330 e. The molecule has 0 atom stereocenters. The molecule has 0 heterocycles. The van der Waals surface area contributed by atoms with Crippen LogP contribution in [0.25, 0.3) is 6.08 Å². The first-order chi connectivity index (χ1) is 6.61. The van der Waals surface area contributed by atoms with Gasteiger partial charge in [-0.1, -0.05) is 22.0 Å². The fourth-order valence-corrected chi connectivity index (χ4v) is 1.72. The lowest BCUT2D eigenvalue weighted by atomic mass is 10.1. The zero-order valence-corrected chi connectivity index (χ0v) is 9.67. The van der Waals surface area contributed by atoms with Crippen LogP contribution < -0.4 is 0 Å². The van der Waals surface area contributed by atoms with E-state index in [0.29, 0.717) is 0 Å². The first kappa shape index (κ1) is 11.0. The quantitative estimate of drug-likeness (QED) is 0.600. The van der Waals surface area contributed by atoms with Crippen molar-refractivity contribution in [3.8, 4) is 0 Å². The Balaban J connectivity index is 2.86. The Kier molecular flexibility index (Phi) is 3.89. The minimum Gasteiger partial charge on any atom is -0.466 e. The van der Waals surface area contributed by atoms with Crippen molar-refractivity contribution in [2.45, 2.75) is 6.92 Å². The van der Waals surface area contributed by atoms with E-state index in [1.54, 1.807) is 6.08 Å². The van der Waals surface area contributed by atoms with Gasteiger partial charge >= 0.3 is 5.97 Å². The molecule has 0 spiro atoms. The molecular weight excluding hydrogens is 244 g/mol. The summed E-state index contributed by atoms with van der Waals surface area (Å²) in [6.07, 6.45) is 3.13. The third-order valence-corrected chi connectivity index (χ3v) is 2.14. The summed E-state index contributed by atoms with van der Waals surface area (Å²) in [5, 5.41) is 0. The van der Waals surface area contributed by atoms with Crippen LogP contribution in [0.1, 0.15) is 11.1 Å². The van der Waals surface area contributed by atoms with E-state index in [1.807, 2.05) is 25.1 Å². The maximum absolute atomic E-state index is 10.8. The summed E-state index contributed by atoms with van der Waals surface area (Å²) in [4.78, 5) is 10.8. The average Bonchev–Trinajstić information content (AvgIpc) is 2.12. The third kappa shape index (κ3) is 3.34. The molecule has 1 rings (SSSR count). The van der Waals surface area contributed by atoms with E-state index in [4.69, 9.17) is 0 Å². The molecule has 74 valence electrons. The smallest absolute Gasteiger partial charge is 0.330 e. The van der Waals surface area contributed by atoms with E-state index in [-0.39, 0.29) is 5.97 Å². The van der Waals surface area contributed by atoms with E-state index in [0.717, 1.165) is 15.6 Å². The molecule has 0 saturated heterocycles. The van der Waals surface area contributed by atoms with Crippen molar-refractivity contribution in [3.63, 3.8) is 0 Å². The molecule has 1 aromatic carbocycles. The highest BCUT2D eigenvalue weighted by Gasteiger charge is 1.95. The van der Waals surface area contributed by atoms with Gasteiger partial charge in [0.05, 0.1) is 7.11 Å². The van der Waals surface area contributed by atoms with Crippen molar-refractivity contribution in [3.05, 3.63) is 39.9 Å². The number of hydrogen-bond donors (Lipinski definition) is 0. The van der Waals surface area contributed by atoms with E-state index >= 15 is 0 Å². The summed E-state index contributed by atoms with van der Waals surface area (Å²) in [5.41, 5.74) is 2.12. The van der Waals surface area contributed by atoms with Gasteiger partial charge in [-0.15, -0.1) is 0 Å². The Hall–Kier alpha value is -1.09. The molecule has 0 radical (unpaired) electrons. The predicted molar refractivity (Wildman–Crippen MR) is 59.9 cm³/mol. The number of carbonyl (C=O) groups excluding carboxylic acids is 1. The van der Waals surface area contributed by atoms with Crippen molar-refractivity contribution in [1.29, 1.82) is 0 Å². The summed E-state index contributed by atoms with van der Waals surface area (Å²) in [6.45, 7) is 2.00. The lowest BCUT2D eigenvalue weighted by molar-refractivity contribution is -0.134. The van der Waals surface area contributed by atoms with Crippen molar-refractivity contribution in [2.75, 3.05) is 7.11 Å². The van der Waals surface area contributed by atoms with E-state index in [2.05, 4.69) is 20.7 Å². The van der Waals surface area contributed by atoms with Gasteiger partial charge in [0, 0.05) is 10.5 Å². The van der Waals surface area contributed by atoms with Crippen LogP contribution in [0.15, 0.2) is 28.7 Å². The highest BCUT2D eigenvalue weighted by Crippen LogP contribution is 2.16. The van der Waals surface area contributed by atoms with Gasteiger partial charge in [-0.05, 0) is 36.3 Å². The second-order valence-electron chi connectivity index (χ2n) is 2.92. The fraction of sp³-hybridized carbons (Fsp3) is 0.182. The van der Waals surface area contributed by atoms with E-state index in [1.165, 1.54) is 13.2 Å². The van der Waals surface area contributed by atoms with Gasteiger partial charge in [0.25, 0.3) is 0 Å². The number of ether oxygens (including phenoxy) is 1. The SMILES string of the molecule is COC(=O)C=Cc1cc(C)cc(Br)c1. The van der Waals surface area contributed by atoms with Gasteiger partial charge in [0.2, 0.25) is 0 Å². The molecule has 0 unspecified atom stereocenters. The molecule has 0 aliphatic heterocycles. The monoisotopic (exact) mass is 254 g/mol. The van der Waals surface area contributed by atoms with Crippen LogP contribution in [-0.2, 0) is 9.53 Å². The molecule has 0 aliphatic rings. The fourth-order valence-electron chi connectivity index (χ4n) is 1.09. The third-order valence-electron chi connectivity index (χ3n) is 1.68. The topological polar surface area (TPSA) is 26.3 Å². The molecule has 0 saturated carbocycles. The van der Waals surface area contributed by atoms with Crippen LogP contribution in [0.4, 0.5) is 0 Å². The summed E-state index contributed by atoms with van der Waals surface area (Å²) < 4.78 is 5.50. The van der Waals surface area contributed by atoms with Crippen LogP contribution in [0.2, 0.25) is 0 Å².